The maximum Gasteiger partial charge on any atom is 0.494 e. The van der Waals surface area contributed by atoms with Gasteiger partial charge >= 0.3 is 19.3 Å². The molecule has 0 aromatic heterocycles. The average molecular weight is 373 g/mol. The highest BCUT2D eigenvalue weighted by molar-refractivity contribution is 6.62. The Labute approximate surface area is 148 Å². The Balaban J connectivity index is 2.42. The van der Waals surface area contributed by atoms with Crippen LogP contribution in [0, 0.1) is 0 Å². The topological polar surface area (TPSA) is 84.9 Å². The number of halogens is 3. The lowest BCUT2D eigenvalue weighted by Gasteiger charge is -2.32. The van der Waals surface area contributed by atoms with Crippen LogP contribution < -0.4 is 10.8 Å². The van der Waals surface area contributed by atoms with E-state index < -0.39 is 48.5 Å². The molecule has 0 aliphatic carbocycles. The molecule has 1 fully saturated rings. The van der Waals surface area contributed by atoms with E-state index in [1.54, 1.807) is 27.7 Å². The molecule has 0 bridgehead atoms. The minimum Gasteiger partial charge on any atom is -0.480 e. The van der Waals surface area contributed by atoms with Gasteiger partial charge in [0.05, 0.1) is 16.8 Å². The lowest BCUT2D eigenvalue weighted by molar-refractivity contribution is -0.138. The number of carbonyl (C=O) groups is 2. The number of carboxylic acid groups (broad SMARTS) is 1. The number of carboxylic acids is 1. The highest BCUT2D eigenvalue weighted by Gasteiger charge is 2.52. The smallest absolute Gasteiger partial charge is 0.480 e. The van der Waals surface area contributed by atoms with Crippen LogP contribution in [0.15, 0.2) is 18.2 Å². The zero-order valence-corrected chi connectivity index (χ0v) is 14.7. The molecule has 0 saturated carbocycles. The Kier molecular flexibility index (Phi) is 5.13. The summed E-state index contributed by atoms with van der Waals surface area (Å²) in [6.07, 6.45) is -4.69. The van der Waals surface area contributed by atoms with Gasteiger partial charge in [-0.25, -0.2) is 0 Å². The van der Waals surface area contributed by atoms with E-state index in [4.69, 9.17) is 14.4 Å². The van der Waals surface area contributed by atoms with E-state index in [-0.39, 0.29) is 11.0 Å². The van der Waals surface area contributed by atoms with Gasteiger partial charge in [0.2, 0.25) is 0 Å². The molecule has 10 heteroatoms. The van der Waals surface area contributed by atoms with Crippen molar-refractivity contribution in [2.45, 2.75) is 45.1 Å². The van der Waals surface area contributed by atoms with Crippen molar-refractivity contribution < 1.29 is 37.2 Å². The molecule has 1 aromatic carbocycles. The third-order valence-electron chi connectivity index (χ3n) is 4.47. The maximum atomic E-state index is 13.2. The van der Waals surface area contributed by atoms with Crippen molar-refractivity contribution in [2.24, 2.45) is 0 Å². The van der Waals surface area contributed by atoms with Crippen molar-refractivity contribution in [3.63, 3.8) is 0 Å². The molecule has 26 heavy (non-hydrogen) atoms. The van der Waals surface area contributed by atoms with Crippen molar-refractivity contribution in [3.05, 3.63) is 29.3 Å². The molecule has 142 valence electrons. The molecule has 1 aliphatic rings. The summed E-state index contributed by atoms with van der Waals surface area (Å²) in [5.74, 6) is -2.24. The summed E-state index contributed by atoms with van der Waals surface area (Å²) in [6, 6.07) is 2.72. The molecular weight excluding hydrogens is 354 g/mol. The van der Waals surface area contributed by atoms with Crippen molar-refractivity contribution in [2.75, 3.05) is 6.54 Å². The second kappa shape index (κ2) is 6.59. The van der Waals surface area contributed by atoms with Crippen molar-refractivity contribution in [1.29, 1.82) is 0 Å². The second-order valence-corrected chi connectivity index (χ2v) is 7.01. The van der Waals surface area contributed by atoms with Crippen LogP contribution in [-0.2, 0) is 20.3 Å². The first-order chi connectivity index (χ1) is 11.7. The molecule has 1 aromatic rings. The van der Waals surface area contributed by atoms with Gasteiger partial charge in [0.1, 0.15) is 6.54 Å². The highest BCUT2D eigenvalue weighted by Crippen LogP contribution is 2.37. The summed E-state index contributed by atoms with van der Waals surface area (Å²) < 4.78 is 51.1. The van der Waals surface area contributed by atoms with Crippen molar-refractivity contribution in [3.8, 4) is 0 Å². The van der Waals surface area contributed by atoms with Crippen LogP contribution in [0.25, 0.3) is 0 Å². The fraction of sp³-hybridized carbons (Fsp3) is 0.500. The van der Waals surface area contributed by atoms with Gasteiger partial charge in [0.25, 0.3) is 5.91 Å². The molecule has 0 unspecified atom stereocenters. The van der Waals surface area contributed by atoms with E-state index in [2.05, 4.69) is 0 Å². The van der Waals surface area contributed by atoms with Crippen molar-refractivity contribution in [1.82, 2.24) is 5.32 Å². The monoisotopic (exact) mass is 373 g/mol. The first-order valence-corrected chi connectivity index (χ1v) is 7.81. The van der Waals surface area contributed by atoms with Crippen LogP contribution in [0.3, 0.4) is 0 Å². The van der Waals surface area contributed by atoms with Crippen molar-refractivity contribution >= 4 is 24.5 Å². The average Bonchev–Trinajstić information content (AvgIpc) is 2.71. The lowest BCUT2D eigenvalue weighted by Crippen LogP contribution is -2.41. The summed E-state index contributed by atoms with van der Waals surface area (Å²) >= 11 is 0. The number of hydrogen-bond donors (Lipinski definition) is 2. The Hall–Kier alpha value is -2.07. The molecule has 2 N–H and O–H groups in total. The number of amides is 1. The largest absolute Gasteiger partial charge is 0.494 e. The summed E-state index contributed by atoms with van der Waals surface area (Å²) in [4.78, 5) is 22.6. The lowest BCUT2D eigenvalue weighted by atomic mass is 9.77. The van der Waals surface area contributed by atoms with E-state index in [0.29, 0.717) is 6.07 Å². The first kappa shape index (κ1) is 20.2. The number of rotatable bonds is 4. The van der Waals surface area contributed by atoms with E-state index in [1.165, 1.54) is 6.07 Å². The molecule has 1 aliphatic heterocycles. The number of nitrogens with one attached hydrogen (secondary N) is 1. The minimum absolute atomic E-state index is 0.0268. The number of benzene rings is 1. The van der Waals surface area contributed by atoms with Gasteiger partial charge < -0.3 is 19.7 Å². The van der Waals surface area contributed by atoms with E-state index in [9.17, 15) is 22.8 Å². The van der Waals surface area contributed by atoms with Gasteiger partial charge in [0.15, 0.2) is 0 Å². The Morgan fingerprint density at radius 2 is 1.65 bits per heavy atom. The van der Waals surface area contributed by atoms with Crippen LogP contribution in [0.4, 0.5) is 13.2 Å². The third-order valence-corrected chi connectivity index (χ3v) is 4.47. The van der Waals surface area contributed by atoms with Gasteiger partial charge in [0, 0.05) is 5.56 Å². The molecule has 0 spiro atoms. The summed E-state index contributed by atoms with van der Waals surface area (Å²) in [6.45, 7) is 6.30. The van der Waals surface area contributed by atoms with Crippen LogP contribution in [0.2, 0.25) is 0 Å². The van der Waals surface area contributed by atoms with Crippen LogP contribution in [-0.4, -0.2) is 41.8 Å². The predicted octanol–water partition coefficient (Wildman–Crippen LogP) is 1.82. The maximum absolute atomic E-state index is 13.2. The Morgan fingerprint density at radius 1 is 1.12 bits per heavy atom. The normalized spacial score (nSPS) is 18.7. The molecule has 0 radical (unpaired) electrons. The molecular formula is C16H19BF3NO5. The molecule has 1 saturated heterocycles. The zero-order valence-electron chi connectivity index (χ0n) is 14.7. The number of aliphatic carboxylic acids is 1. The summed E-state index contributed by atoms with van der Waals surface area (Å²) in [5.41, 5.74) is -2.88. The van der Waals surface area contributed by atoms with Gasteiger partial charge in [-0.3, -0.25) is 9.59 Å². The fourth-order valence-electron chi connectivity index (χ4n) is 2.32. The Morgan fingerprint density at radius 3 is 2.12 bits per heavy atom. The summed E-state index contributed by atoms with van der Waals surface area (Å²) in [7, 11) is -1.09. The van der Waals surface area contributed by atoms with E-state index in [0.717, 1.165) is 6.07 Å². The fourth-order valence-corrected chi connectivity index (χ4v) is 2.32. The van der Waals surface area contributed by atoms with Gasteiger partial charge in [-0.1, -0.05) is 6.07 Å². The molecule has 0 atom stereocenters. The third kappa shape index (κ3) is 4.18. The molecule has 2 rings (SSSR count). The van der Waals surface area contributed by atoms with Gasteiger partial charge in [-0.15, -0.1) is 0 Å². The van der Waals surface area contributed by atoms with Gasteiger partial charge in [-0.2, -0.15) is 13.2 Å². The standard InChI is InChI=1S/C16H19BF3NO5/c1-14(2)15(3,4)26-17(25-14)11-6-9(13(24)21-8-12(22)23)5-10(7-11)16(18,19)20/h5-7H,8H2,1-4H3,(H,21,24)(H,22,23). The van der Waals surface area contributed by atoms with Gasteiger partial charge in [-0.05, 0) is 45.3 Å². The molecule has 1 heterocycles. The number of alkyl halides is 3. The Bertz CT molecular complexity index is 717. The highest BCUT2D eigenvalue weighted by atomic mass is 19.4. The SMILES string of the molecule is CC1(C)OB(c2cc(C(=O)NCC(=O)O)cc(C(F)(F)F)c2)OC1(C)C. The quantitative estimate of drug-likeness (QED) is 0.787. The minimum atomic E-state index is -4.69. The predicted molar refractivity (Wildman–Crippen MR) is 87.1 cm³/mol. The van der Waals surface area contributed by atoms with Crippen LogP contribution in [0.5, 0.6) is 0 Å². The van der Waals surface area contributed by atoms with Crippen LogP contribution >= 0.6 is 0 Å². The number of hydrogen-bond acceptors (Lipinski definition) is 4. The van der Waals surface area contributed by atoms with E-state index in [1.807, 2.05) is 5.32 Å². The van der Waals surface area contributed by atoms with E-state index >= 15 is 0 Å². The summed E-state index contributed by atoms with van der Waals surface area (Å²) in [5, 5.41) is 10.6. The van der Waals surface area contributed by atoms with Crippen LogP contribution in [0.1, 0.15) is 43.6 Å². The number of carbonyl (C=O) groups excluding carboxylic acids is 1. The first-order valence-electron chi connectivity index (χ1n) is 7.81. The zero-order chi connectivity index (χ0) is 19.9. The second-order valence-electron chi connectivity index (χ2n) is 7.01. The molecule has 6 nitrogen and oxygen atoms in total. The molecule has 1 amide bonds.